The molecule has 8 heteroatoms. The van der Waals surface area contributed by atoms with Crippen LogP contribution in [0, 0.1) is 11.6 Å². The summed E-state index contributed by atoms with van der Waals surface area (Å²) in [4.78, 5) is 7.54. The summed E-state index contributed by atoms with van der Waals surface area (Å²) in [6, 6.07) is 20.8. The molecule has 0 saturated heterocycles. The molecule has 1 aliphatic rings. The van der Waals surface area contributed by atoms with Gasteiger partial charge in [-0.1, -0.05) is 41.6 Å². The fourth-order valence-corrected chi connectivity index (χ4v) is 4.10. The highest BCUT2D eigenvalue weighted by Gasteiger charge is 2.26. The predicted octanol–water partition coefficient (Wildman–Crippen LogP) is 4.55. The van der Waals surface area contributed by atoms with Gasteiger partial charge in [0.1, 0.15) is 23.5 Å². The molecule has 0 unspecified atom stereocenters. The highest BCUT2D eigenvalue weighted by atomic mass is 19.1. The molecule has 1 aliphatic heterocycles. The number of benzene rings is 3. The molecule has 0 aliphatic carbocycles. The molecule has 4 rings (SSSR count). The van der Waals surface area contributed by atoms with Gasteiger partial charge in [0.05, 0.1) is 32.1 Å². The first-order valence-electron chi connectivity index (χ1n) is 11.8. The standard InChI is InChI=1S/C28H30F2N2O4/c1-34-25-11-8-21(9-12-25)28-14-26(36-31-28)17-32(15-22-7-10-23(29)13-27(22)30)16-24(33)19-35-18-20-5-3-2-4-6-20/h2-13,24,26,33H,14-19H2,1H3/t24-,26+/m1/s1. The zero-order chi connectivity index (χ0) is 25.3. The highest BCUT2D eigenvalue weighted by Crippen LogP contribution is 2.21. The van der Waals surface area contributed by atoms with E-state index in [9.17, 15) is 13.9 Å². The number of aliphatic hydroxyl groups excluding tert-OH is 1. The van der Waals surface area contributed by atoms with Crippen LogP contribution in [0.5, 0.6) is 5.75 Å². The average molecular weight is 497 g/mol. The van der Waals surface area contributed by atoms with Crippen LogP contribution in [0.4, 0.5) is 8.78 Å². The third-order valence-corrected chi connectivity index (χ3v) is 5.92. The number of aliphatic hydroxyl groups is 1. The second-order valence-corrected chi connectivity index (χ2v) is 8.78. The van der Waals surface area contributed by atoms with Crippen molar-refractivity contribution in [2.75, 3.05) is 26.8 Å². The van der Waals surface area contributed by atoms with Crippen molar-refractivity contribution in [2.24, 2.45) is 5.16 Å². The van der Waals surface area contributed by atoms with Crippen molar-refractivity contribution in [1.29, 1.82) is 0 Å². The van der Waals surface area contributed by atoms with E-state index in [4.69, 9.17) is 14.3 Å². The van der Waals surface area contributed by atoms with Crippen LogP contribution in [0.2, 0.25) is 0 Å². The van der Waals surface area contributed by atoms with E-state index in [0.717, 1.165) is 28.7 Å². The first-order valence-corrected chi connectivity index (χ1v) is 11.8. The summed E-state index contributed by atoms with van der Waals surface area (Å²) in [5.41, 5.74) is 3.09. The van der Waals surface area contributed by atoms with E-state index >= 15 is 0 Å². The molecule has 0 bridgehead atoms. The molecular weight excluding hydrogens is 466 g/mol. The molecule has 0 amide bonds. The summed E-state index contributed by atoms with van der Waals surface area (Å²) in [6.45, 7) is 1.31. The molecule has 0 spiro atoms. The lowest BCUT2D eigenvalue weighted by atomic mass is 10.0. The third kappa shape index (κ3) is 7.34. The summed E-state index contributed by atoms with van der Waals surface area (Å²) in [7, 11) is 1.61. The predicted molar refractivity (Wildman–Crippen MR) is 133 cm³/mol. The van der Waals surface area contributed by atoms with Gasteiger partial charge in [0, 0.05) is 37.7 Å². The smallest absolute Gasteiger partial charge is 0.145 e. The van der Waals surface area contributed by atoms with Crippen LogP contribution in [-0.2, 0) is 22.7 Å². The van der Waals surface area contributed by atoms with Crippen molar-refractivity contribution >= 4 is 5.71 Å². The van der Waals surface area contributed by atoms with E-state index in [1.807, 2.05) is 59.5 Å². The lowest BCUT2D eigenvalue weighted by molar-refractivity contribution is -0.00671. The minimum absolute atomic E-state index is 0.121. The number of halogens is 2. The molecule has 36 heavy (non-hydrogen) atoms. The van der Waals surface area contributed by atoms with E-state index in [0.29, 0.717) is 25.1 Å². The molecule has 1 N–H and O–H groups in total. The summed E-state index contributed by atoms with van der Waals surface area (Å²) in [5.74, 6) is -0.503. The topological polar surface area (TPSA) is 63.5 Å². The Morgan fingerprint density at radius 3 is 2.58 bits per heavy atom. The molecule has 3 aromatic rings. The molecule has 0 saturated carbocycles. The van der Waals surface area contributed by atoms with Gasteiger partial charge < -0.3 is 19.4 Å². The number of hydrogen-bond acceptors (Lipinski definition) is 6. The van der Waals surface area contributed by atoms with Crippen molar-refractivity contribution in [3.05, 3.63) is 101 Å². The van der Waals surface area contributed by atoms with Gasteiger partial charge in [0.15, 0.2) is 0 Å². The Hall–Kier alpha value is -3.33. The van der Waals surface area contributed by atoms with Crippen LogP contribution < -0.4 is 4.74 Å². The van der Waals surface area contributed by atoms with Crippen LogP contribution in [0.15, 0.2) is 78.0 Å². The molecule has 0 radical (unpaired) electrons. The van der Waals surface area contributed by atoms with Crippen LogP contribution >= 0.6 is 0 Å². The Morgan fingerprint density at radius 2 is 1.86 bits per heavy atom. The van der Waals surface area contributed by atoms with E-state index in [2.05, 4.69) is 5.16 Å². The lowest BCUT2D eigenvalue weighted by Crippen LogP contribution is -2.39. The van der Waals surface area contributed by atoms with E-state index in [1.54, 1.807) is 7.11 Å². The van der Waals surface area contributed by atoms with Gasteiger partial charge >= 0.3 is 0 Å². The van der Waals surface area contributed by atoms with Gasteiger partial charge in [-0.05, 0) is 41.5 Å². The Bertz CT molecular complexity index is 1140. The van der Waals surface area contributed by atoms with Gasteiger partial charge in [0.25, 0.3) is 0 Å². The van der Waals surface area contributed by atoms with Crippen molar-refractivity contribution in [3.63, 3.8) is 0 Å². The van der Waals surface area contributed by atoms with Crippen molar-refractivity contribution < 1.29 is 28.2 Å². The fraction of sp³-hybridized carbons (Fsp3) is 0.321. The molecule has 0 fully saturated rings. The fourth-order valence-electron chi connectivity index (χ4n) is 4.10. The minimum Gasteiger partial charge on any atom is -0.497 e. The summed E-state index contributed by atoms with van der Waals surface area (Å²) in [6.07, 6.45) is -0.515. The SMILES string of the molecule is COc1ccc(C2=NO[C@H](CN(Cc3ccc(F)cc3F)C[C@@H](O)COCc3ccccc3)C2)cc1. The van der Waals surface area contributed by atoms with Crippen LogP contribution in [-0.4, -0.2) is 54.7 Å². The zero-order valence-electron chi connectivity index (χ0n) is 20.1. The number of ether oxygens (including phenoxy) is 2. The zero-order valence-corrected chi connectivity index (χ0v) is 20.1. The maximum atomic E-state index is 14.4. The molecular formula is C28H30F2N2O4. The van der Waals surface area contributed by atoms with Gasteiger partial charge in [0.2, 0.25) is 0 Å². The van der Waals surface area contributed by atoms with Gasteiger partial charge in [-0.2, -0.15) is 0 Å². The maximum Gasteiger partial charge on any atom is 0.145 e. The number of nitrogens with zero attached hydrogens (tertiary/aromatic N) is 2. The number of hydrogen-bond donors (Lipinski definition) is 1. The second-order valence-electron chi connectivity index (χ2n) is 8.78. The molecule has 1 heterocycles. The van der Waals surface area contributed by atoms with E-state index < -0.39 is 17.7 Å². The van der Waals surface area contributed by atoms with Crippen molar-refractivity contribution in [3.8, 4) is 5.75 Å². The Labute approximate surface area is 209 Å². The number of rotatable bonds is 12. The monoisotopic (exact) mass is 496 g/mol. The normalized spacial score (nSPS) is 16.0. The first kappa shape index (κ1) is 25.8. The summed E-state index contributed by atoms with van der Waals surface area (Å²) < 4.78 is 38.7. The Morgan fingerprint density at radius 1 is 1.08 bits per heavy atom. The van der Waals surface area contributed by atoms with E-state index in [1.165, 1.54) is 12.1 Å². The lowest BCUT2D eigenvalue weighted by Gasteiger charge is -2.27. The third-order valence-electron chi connectivity index (χ3n) is 5.92. The molecule has 190 valence electrons. The van der Waals surface area contributed by atoms with Gasteiger partial charge in [-0.15, -0.1) is 0 Å². The van der Waals surface area contributed by atoms with Crippen LogP contribution in [0.25, 0.3) is 0 Å². The first-order chi connectivity index (χ1) is 17.5. The number of methoxy groups -OCH3 is 1. The van der Waals surface area contributed by atoms with Crippen molar-refractivity contribution in [1.82, 2.24) is 4.90 Å². The molecule has 2 atom stereocenters. The molecule has 3 aromatic carbocycles. The second kappa shape index (κ2) is 12.6. The summed E-state index contributed by atoms with van der Waals surface area (Å²) in [5, 5.41) is 14.9. The van der Waals surface area contributed by atoms with Crippen molar-refractivity contribution in [2.45, 2.75) is 31.8 Å². The van der Waals surface area contributed by atoms with Gasteiger partial charge in [-0.3, -0.25) is 4.90 Å². The minimum atomic E-state index is -0.805. The Balaban J connectivity index is 1.36. The maximum absolute atomic E-state index is 14.4. The largest absolute Gasteiger partial charge is 0.497 e. The summed E-state index contributed by atoms with van der Waals surface area (Å²) >= 11 is 0. The molecule has 0 aromatic heterocycles. The van der Waals surface area contributed by atoms with Crippen LogP contribution in [0.1, 0.15) is 23.1 Å². The molecule has 6 nitrogen and oxygen atoms in total. The average Bonchev–Trinajstić information content (AvgIpc) is 3.35. The quantitative estimate of drug-likeness (QED) is 0.399. The Kier molecular flexibility index (Phi) is 9.00. The highest BCUT2D eigenvalue weighted by molar-refractivity contribution is 6.01. The van der Waals surface area contributed by atoms with Crippen LogP contribution in [0.3, 0.4) is 0 Å². The number of oxime groups is 1. The van der Waals surface area contributed by atoms with Gasteiger partial charge in [-0.25, -0.2) is 8.78 Å². The van der Waals surface area contributed by atoms with E-state index in [-0.39, 0.29) is 25.8 Å².